The van der Waals surface area contributed by atoms with Gasteiger partial charge in [-0.2, -0.15) is 5.26 Å². The standard InChI is InChI=1S/C16H14ClFN2/c1-11(8-12-2-4-14(17)5-3-12)20-16-7-6-15(18)9-13(16)10-19/h2-7,9,11,20H,8H2,1H3. The highest BCUT2D eigenvalue weighted by Crippen LogP contribution is 2.18. The number of anilines is 1. The van der Waals surface area contributed by atoms with E-state index in [9.17, 15) is 4.39 Å². The quantitative estimate of drug-likeness (QED) is 0.905. The predicted molar refractivity (Wildman–Crippen MR) is 79.4 cm³/mol. The van der Waals surface area contributed by atoms with Gasteiger partial charge in [0.1, 0.15) is 11.9 Å². The fourth-order valence-corrected chi connectivity index (χ4v) is 2.15. The summed E-state index contributed by atoms with van der Waals surface area (Å²) in [5.41, 5.74) is 2.11. The van der Waals surface area contributed by atoms with Gasteiger partial charge in [-0.25, -0.2) is 4.39 Å². The summed E-state index contributed by atoms with van der Waals surface area (Å²) < 4.78 is 13.1. The van der Waals surface area contributed by atoms with E-state index in [1.807, 2.05) is 37.3 Å². The highest BCUT2D eigenvalue weighted by Gasteiger charge is 2.08. The van der Waals surface area contributed by atoms with Crippen LogP contribution in [0.5, 0.6) is 0 Å². The Hall–Kier alpha value is -2.05. The van der Waals surface area contributed by atoms with Crippen molar-refractivity contribution in [3.63, 3.8) is 0 Å². The zero-order chi connectivity index (χ0) is 14.5. The van der Waals surface area contributed by atoms with Crippen LogP contribution < -0.4 is 5.32 Å². The van der Waals surface area contributed by atoms with Crippen LogP contribution in [0, 0.1) is 17.1 Å². The van der Waals surface area contributed by atoms with Gasteiger partial charge in [-0.15, -0.1) is 0 Å². The topological polar surface area (TPSA) is 35.8 Å². The van der Waals surface area contributed by atoms with Gasteiger partial charge >= 0.3 is 0 Å². The van der Waals surface area contributed by atoms with Crippen LogP contribution in [-0.4, -0.2) is 6.04 Å². The lowest BCUT2D eigenvalue weighted by atomic mass is 10.1. The molecule has 2 rings (SSSR count). The molecule has 1 atom stereocenters. The SMILES string of the molecule is CC(Cc1ccc(Cl)cc1)Nc1ccc(F)cc1C#N. The number of rotatable bonds is 4. The van der Waals surface area contributed by atoms with Gasteiger partial charge in [-0.05, 0) is 49.2 Å². The van der Waals surface area contributed by atoms with Crippen molar-refractivity contribution >= 4 is 17.3 Å². The summed E-state index contributed by atoms with van der Waals surface area (Å²) in [6, 6.07) is 13.9. The van der Waals surface area contributed by atoms with E-state index >= 15 is 0 Å². The van der Waals surface area contributed by atoms with Crippen molar-refractivity contribution in [2.24, 2.45) is 0 Å². The maximum atomic E-state index is 13.1. The van der Waals surface area contributed by atoms with Gasteiger partial charge in [-0.1, -0.05) is 23.7 Å². The average molecular weight is 289 g/mol. The lowest BCUT2D eigenvalue weighted by Crippen LogP contribution is -2.18. The summed E-state index contributed by atoms with van der Waals surface area (Å²) in [7, 11) is 0. The minimum atomic E-state index is -0.405. The van der Waals surface area contributed by atoms with E-state index in [0.29, 0.717) is 16.3 Å². The monoisotopic (exact) mass is 288 g/mol. The molecule has 2 nitrogen and oxygen atoms in total. The third-order valence-electron chi connectivity index (χ3n) is 2.96. The van der Waals surface area contributed by atoms with Crippen LogP contribution in [0.2, 0.25) is 5.02 Å². The Morgan fingerprint density at radius 1 is 1.25 bits per heavy atom. The van der Waals surface area contributed by atoms with E-state index in [-0.39, 0.29) is 6.04 Å². The predicted octanol–water partition coefficient (Wildman–Crippen LogP) is 4.39. The van der Waals surface area contributed by atoms with E-state index in [1.165, 1.54) is 12.1 Å². The Balaban J connectivity index is 2.06. The average Bonchev–Trinajstić information content (AvgIpc) is 2.43. The molecule has 1 unspecified atom stereocenters. The number of benzene rings is 2. The lowest BCUT2D eigenvalue weighted by Gasteiger charge is -2.16. The molecule has 0 aliphatic heterocycles. The molecular formula is C16H14ClFN2. The van der Waals surface area contributed by atoms with Crippen LogP contribution in [0.4, 0.5) is 10.1 Å². The van der Waals surface area contributed by atoms with Crippen LogP contribution in [0.1, 0.15) is 18.1 Å². The van der Waals surface area contributed by atoms with Crippen molar-refractivity contribution in [1.82, 2.24) is 0 Å². The van der Waals surface area contributed by atoms with Gasteiger partial charge in [-0.3, -0.25) is 0 Å². The highest BCUT2D eigenvalue weighted by molar-refractivity contribution is 6.30. The normalized spacial score (nSPS) is 11.7. The van der Waals surface area contributed by atoms with E-state index in [0.717, 1.165) is 12.0 Å². The number of hydrogen-bond donors (Lipinski definition) is 1. The molecule has 20 heavy (non-hydrogen) atoms. The first-order valence-corrected chi connectivity index (χ1v) is 6.67. The molecule has 2 aromatic carbocycles. The summed E-state index contributed by atoms with van der Waals surface area (Å²) in [5.74, 6) is -0.405. The van der Waals surface area contributed by atoms with Crippen LogP contribution in [0.15, 0.2) is 42.5 Å². The van der Waals surface area contributed by atoms with Gasteiger partial charge < -0.3 is 5.32 Å². The first-order valence-electron chi connectivity index (χ1n) is 6.29. The molecule has 0 saturated carbocycles. The second-order valence-corrected chi connectivity index (χ2v) is 5.11. The molecule has 0 heterocycles. The fraction of sp³-hybridized carbons (Fsp3) is 0.188. The Morgan fingerprint density at radius 3 is 2.60 bits per heavy atom. The van der Waals surface area contributed by atoms with Gasteiger partial charge in [0.05, 0.1) is 11.3 Å². The van der Waals surface area contributed by atoms with Gasteiger partial charge in [0.25, 0.3) is 0 Å². The van der Waals surface area contributed by atoms with Crippen LogP contribution >= 0.6 is 11.6 Å². The second-order valence-electron chi connectivity index (χ2n) is 4.68. The molecule has 1 N–H and O–H groups in total. The van der Waals surface area contributed by atoms with Crippen LogP contribution in [0.25, 0.3) is 0 Å². The Morgan fingerprint density at radius 2 is 1.95 bits per heavy atom. The van der Waals surface area contributed by atoms with Crippen molar-refractivity contribution in [3.8, 4) is 6.07 Å². The van der Waals surface area contributed by atoms with Crippen LogP contribution in [-0.2, 0) is 6.42 Å². The number of halogens is 2. The molecule has 4 heteroatoms. The number of nitriles is 1. The second kappa shape index (κ2) is 6.40. The molecule has 0 bridgehead atoms. The third kappa shape index (κ3) is 3.72. The highest BCUT2D eigenvalue weighted by atomic mass is 35.5. The molecule has 0 aromatic heterocycles. The molecule has 0 aliphatic carbocycles. The maximum Gasteiger partial charge on any atom is 0.124 e. The van der Waals surface area contributed by atoms with Gasteiger partial charge in [0, 0.05) is 11.1 Å². The number of nitrogens with zero attached hydrogens (tertiary/aromatic N) is 1. The Kier molecular flexibility index (Phi) is 4.60. The number of hydrogen-bond acceptors (Lipinski definition) is 2. The first-order chi connectivity index (χ1) is 9.58. The largest absolute Gasteiger partial charge is 0.381 e. The Bertz CT molecular complexity index is 632. The smallest absolute Gasteiger partial charge is 0.124 e. The minimum absolute atomic E-state index is 0.119. The minimum Gasteiger partial charge on any atom is -0.381 e. The molecule has 102 valence electrons. The summed E-state index contributed by atoms with van der Waals surface area (Å²) in [5, 5.41) is 12.9. The Labute approximate surface area is 122 Å². The molecule has 0 amide bonds. The summed E-state index contributed by atoms with van der Waals surface area (Å²) in [6.45, 7) is 2.01. The molecular weight excluding hydrogens is 275 g/mol. The van der Waals surface area contributed by atoms with E-state index < -0.39 is 5.82 Å². The molecule has 0 aliphatic rings. The van der Waals surface area contributed by atoms with Crippen molar-refractivity contribution in [1.29, 1.82) is 5.26 Å². The fourth-order valence-electron chi connectivity index (χ4n) is 2.03. The molecule has 0 radical (unpaired) electrons. The molecule has 0 fully saturated rings. The third-order valence-corrected chi connectivity index (χ3v) is 3.21. The van der Waals surface area contributed by atoms with Crippen molar-refractivity contribution < 1.29 is 4.39 Å². The van der Waals surface area contributed by atoms with E-state index in [2.05, 4.69) is 5.32 Å². The first kappa shape index (κ1) is 14.4. The summed E-state index contributed by atoms with van der Waals surface area (Å²) in [6.07, 6.45) is 0.791. The molecule has 0 saturated heterocycles. The van der Waals surface area contributed by atoms with Gasteiger partial charge in [0.2, 0.25) is 0 Å². The molecule has 2 aromatic rings. The lowest BCUT2D eigenvalue weighted by molar-refractivity contribution is 0.627. The van der Waals surface area contributed by atoms with Crippen molar-refractivity contribution in [2.75, 3.05) is 5.32 Å². The van der Waals surface area contributed by atoms with E-state index in [1.54, 1.807) is 6.07 Å². The molecule has 0 spiro atoms. The maximum absolute atomic E-state index is 13.1. The van der Waals surface area contributed by atoms with Crippen molar-refractivity contribution in [3.05, 3.63) is 64.4 Å². The van der Waals surface area contributed by atoms with Gasteiger partial charge in [0.15, 0.2) is 0 Å². The number of nitrogens with one attached hydrogen (secondary N) is 1. The van der Waals surface area contributed by atoms with Crippen LogP contribution in [0.3, 0.4) is 0 Å². The zero-order valence-corrected chi connectivity index (χ0v) is 11.8. The summed E-state index contributed by atoms with van der Waals surface area (Å²) >= 11 is 5.85. The van der Waals surface area contributed by atoms with Crippen molar-refractivity contribution in [2.45, 2.75) is 19.4 Å². The summed E-state index contributed by atoms with van der Waals surface area (Å²) in [4.78, 5) is 0. The van der Waals surface area contributed by atoms with E-state index in [4.69, 9.17) is 16.9 Å². The zero-order valence-electron chi connectivity index (χ0n) is 11.0.